The summed E-state index contributed by atoms with van der Waals surface area (Å²) in [7, 11) is 0. The van der Waals surface area contributed by atoms with E-state index in [0.717, 1.165) is 5.56 Å². The monoisotopic (exact) mass is 417 g/mol. The first-order valence-electron chi connectivity index (χ1n) is 9.81. The van der Waals surface area contributed by atoms with Crippen LogP contribution in [0.1, 0.15) is 70.9 Å². The number of Topliss-reactive ketones (excluding diaryl/α,β-unsaturated/α-hetero) is 2. The first kappa shape index (κ1) is 21.9. The van der Waals surface area contributed by atoms with Crippen molar-refractivity contribution >= 4 is 23.3 Å². The molecule has 0 unspecified atom stereocenters. The van der Waals surface area contributed by atoms with Crippen LogP contribution in [0.3, 0.4) is 0 Å². The molecule has 3 aromatic rings. The second-order valence-corrected chi connectivity index (χ2v) is 7.42. The summed E-state index contributed by atoms with van der Waals surface area (Å²) in [5, 5.41) is 0. The number of hydrogen-bond acceptors (Lipinski definition) is 5. The van der Waals surface area contributed by atoms with E-state index in [1.807, 2.05) is 19.1 Å². The van der Waals surface area contributed by atoms with Crippen LogP contribution in [-0.2, 0) is 4.74 Å². The maximum atomic E-state index is 12.9. The number of carbonyl (C=O) groups excluding carboxylic acids is 4. The van der Waals surface area contributed by atoms with Crippen molar-refractivity contribution in [2.75, 3.05) is 6.61 Å². The van der Waals surface area contributed by atoms with Crippen molar-refractivity contribution in [3.05, 3.63) is 93.3 Å². The molecule has 1 aromatic heterocycles. The molecule has 0 spiro atoms. The number of ketones is 3. The summed E-state index contributed by atoms with van der Waals surface area (Å²) in [5.74, 6) is -1.67. The maximum absolute atomic E-state index is 12.9. The van der Waals surface area contributed by atoms with E-state index < -0.39 is 18.4 Å². The third kappa shape index (κ3) is 4.53. The molecule has 0 aliphatic heterocycles. The highest BCUT2D eigenvalue weighted by Gasteiger charge is 2.23. The Hall–Kier alpha value is -3.80. The summed E-state index contributed by atoms with van der Waals surface area (Å²) in [5.41, 5.74) is 3.58. The second kappa shape index (κ2) is 8.92. The van der Waals surface area contributed by atoms with Crippen LogP contribution in [0.15, 0.2) is 48.5 Å². The summed E-state index contributed by atoms with van der Waals surface area (Å²) >= 11 is 0. The number of nitrogens with one attached hydrogen (secondary N) is 1. The molecule has 1 N–H and O–H groups in total. The molecule has 2 aromatic carbocycles. The largest absolute Gasteiger partial charge is 0.454 e. The van der Waals surface area contributed by atoms with E-state index in [1.54, 1.807) is 44.2 Å². The number of carbonyl (C=O) groups is 4. The molecule has 6 nitrogen and oxygen atoms in total. The smallest absolute Gasteiger partial charge is 0.339 e. The molecule has 0 radical (unpaired) electrons. The molecule has 0 amide bonds. The zero-order valence-corrected chi connectivity index (χ0v) is 17.9. The average Bonchev–Trinajstić information content (AvgIpc) is 3.06. The average molecular weight is 417 g/mol. The van der Waals surface area contributed by atoms with Crippen molar-refractivity contribution in [1.82, 2.24) is 4.98 Å². The van der Waals surface area contributed by atoms with Gasteiger partial charge in [-0.15, -0.1) is 0 Å². The quantitative estimate of drug-likeness (QED) is 0.454. The Balaban J connectivity index is 1.78. The summed E-state index contributed by atoms with van der Waals surface area (Å²) < 4.78 is 5.21. The van der Waals surface area contributed by atoms with Gasteiger partial charge < -0.3 is 9.72 Å². The minimum absolute atomic E-state index is 0.0877. The minimum Gasteiger partial charge on any atom is -0.454 e. The molecule has 0 atom stereocenters. The number of H-pyrrole nitrogens is 1. The molecule has 0 bridgehead atoms. The highest BCUT2D eigenvalue weighted by Crippen LogP contribution is 2.20. The standard InChI is InChI=1S/C25H23NO5/c1-14-9-11-18(12-10-14)24(29)19-7-5-6-8-20(19)25(30)31-13-21(28)23-15(2)22(17(4)27)16(3)26-23/h5-12,26H,13H2,1-4H3. The summed E-state index contributed by atoms with van der Waals surface area (Å²) in [6.45, 7) is 6.22. The first-order chi connectivity index (χ1) is 14.7. The van der Waals surface area contributed by atoms with Gasteiger partial charge in [0.1, 0.15) is 0 Å². The van der Waals surface area contributed by atoms with Crippen LogP contribution in [0, 0.1) is 20.8 Å². The van der Waals surface area contributed by atoms with E-state index >= 15 is 0 Å². The van der Waals surface area contributed by atoms with Gasteiger partial charge in [0, 0.05) is 22.4 Å². The fourth-order valence-electron chi connectivity index (χ4n) is 3.56. The van der Waals surface area contributed by atoms with Crippen LogP contribution in [0.5, 0.6) is 0 Å². The number of aromatic amines is 1. The molecule has 158 valence electrons. The molecular weight excluding hydrogens is 394 g/mol. The van der Waals surface area contributed by atoms with Gasteiger partial charge in [-0.3, -0.25) is 14.4 Å². The van der Waals surface area contributed by atoms with Crippen LogP contribution >= 0.6 is 0 Å². The topological polar surface area (TPSA) is 93.3 Å². The Kier molecular flexibility index (Phi) is 6.30. The van der Waals surface area contributed by atoms with Gasteiger partial charge in [-0.25, -0.2) is 4.79 Å². The van der Waals surface area contributed by atoms with E-state index in [0.29, 0.717) is 22.4 Å². The van der Waals surface area contributed by atoms with Crippen LogP contribution in [0.25, 0.3) is 0 Å². The van der Waals surface area contributed by atoms with Crippen LogP contribution in [0.2, 0.25) is 0 Å². The Labute approximate surface area is 180 Å². The van der Waals surface area contributed by atoms with Crippen LogP contribution in [-0.4, -0.2) is 34.9 Å². The number of ether oxygens (including phenoxy) is 1. The fourth-order valence-corrected chi connectivity index (χ4v) is 3.56. The van der Waals surface area contributed by atoms with E-state index in [9.17, 15) is 19.2 Å². The number of benzene rings is 2. The van der Waals surface area contributed by atoms with Gasteiger partial charge in [-0.05, 0) is 39.3 Å². The number of hydrogen-bond donors (Lipinski definition) is 1. The lowest BCUT2D eigenvalue weighted by molar-refractivity contribution is 0.0471. The van der Waals surface area contributed by atoms with E-state index in [-0.39, 0.29) is 28.4 Å². The minimum atomic E-state index is -0.767. The molecular formula is C25H23NO5. The van der Waals surface area contributed by atoms with Gasteiger partial charge in [0.2, 0.25) is 5.78 Å². The molecule has 0 saturated heterocycles. The van der Waals surface area contributed by atoms with Gasteiger partial charge in [-0.2, -0.15) is 0 Å². The molecule has 6 heteroatoms. The molecule has 0 saturated carbocycles. The Morgan fingerprint density at radius 1 is 0.871 bits per heavy atom. The molecule has 3 rings (SSSR count). The Morgan fingerprint density at radius 2 is 1.48 bits per heavy atom. The highest BCUT2D eigenvalue weighted by atomic mass is 16.5. The highest BCUT2D eigenvalue weighted by molar-refractivity contribution is 6.14. The van der Waals surface area contributed by atoms with E-state index in [4.69, 9.17) is 4.74 Å². The molecule has 0 aliphatic carbocycles. The third-order valence-corrected chi connectivity index (χ3v) is 5.11. The zero-order valence-electron chi connectivity index (χ0n) is 17.9. The van der Waals surface area contributed by atoms with Crippen molar-refractivity contribution < 1.29 is 23.9 Å². The third-order valence-electron chi connectivity index (χ3n) is 5.11. The van der Waals surface area contributed by atoms with Crippen LogP contribution in [0.4, 0.5) is 0 Å². The number of aromatic nitrogens is 1. The zero-order chi connectivity index (χ0) is 22.7. The summed E-state index contributed by atoms with van der Waals surface area (Å²) in [6, 6.07) is 13.4. The molecule has 31 heavy (non-hydrogen) atoms. The number of rotatable bonds is 7. The van der Waals surface area contributed by atoms with Gasteiger partial charge in [0.25, 0.3) is 0 Å². The lowest BCUT2D eigenvalue weighted by atomic mass is 9.98. The predicted molar refractivity (Wildman–Crippen MR) is 116 cm³/mol. The Morgan fingerprint density at radius 3 is 2.06 bits per heavy atom. The fraction of sp³-hybridized carbons (Fsp3) is 0.200. The summed E-state index contributed by atoms with van der Waals surface area (Å²) in [4.78, 5) is 52.8. The SMILES string of the molecule is CC(=O)c1c(C)[nH]c(C(=O)COC(=O)c2ccccc2C(=O)c2ccc(C)cc2)c1C. The first-order valence-corrected chi connectivity index (χ1v) is 9.81. The van der Waals surface area contributed by atoms with Gasteiger partial charge >= 0.3 is 5.97 Å². The van der Waals surface area contributed by atoms with Crippen LogP contribution < -0.4 is 0 Å². The molecule has 0 fully saturated rings. The van der Waals surface area contributed by atoms with Gasteiger partial charge in [0.05, 0.1) is 11.3 Å². The lowest BCUT2D eigenvalue weighted by Crippen LogP contribution is -2.18. The van der Waals surface area contributed by atoms with Crippen molar-refractivity contribution in [3.8, 4) is 0 Å². The second-order valence-electron chi connectivity index (χ2n) is 7.42. The normalized spacial score (nSPS) is 10.6. The van der Waals surface area contributed by atoms with Gasteiger partial charge in [-0.1, -0.05) is 48.0 Å². The van der Waals surface area contributed by atoms with Crippen molar-refractivity contribution in [3.63, 3.8) is 0 Å². The van der Waals surface area contributed by atoms with Gasteiger partial charge in [0.15, 0.2) is 18.2 Å². The van der Waals surface area contributed by atoms with Crippen molar-refractivity contribution in [1.29, 1.82) is 0 Å². The van der Waals surface area contributed by atoms with Crippen molar-refractivity contribution in [2.24, 2.45) is 0 Å². The number of esters is 1. The van der Waals surface area contributed by atoms with E-state index in [1.165, 1.54) is 13.0 Å². The van der Waals surface area contributed by atoms with Crippen molar-refractivity contribution in [2.45, 2.75) is 27.7 Å². The summed E-state index contributed by atoms with van der Waals surface area (Å²) in [6.07, 6.45) is 0. The molecule has 1 heterocycles. The number of aryl methyl sites for hydroxylation is 2. The lowest BCUT2D eigenvalue weighted by Gasteiger charge is -2.09. The predicted octanol–water partition coefficient (Wildman–Crippen LogP) is 4.41. The molecule has 0 aliphatic rings. The Bertz CT molecular complexity index is 1190. The van der Waals surface area contributed by atoms with E-state index in [2.05, 4.69) is 4.98 Å². The maximum Gasteiger partial charge on any atom is 0.339 e.